The zero-order valence-electron chi connectivity index (χ0n) is 16.3. The average Bonchev–Trinajstić information content (AvgIpc) is 2.78. The lowest BCUT2D eigenvalue weighted by molar-refractivity contribution is -0.128. The van der Waals surface area contributed by atoms with Gasteiger partial charge in [0.2, 0.25) is 0 Å². The van der Waals surface area contributed by atoms with Crippen LogP contribution in [-0.2, 0) is 11.4 Å². The van der Waals surface area contributed by atoms with Gasteiger partial charge in [-0.3, -0.25) is 20.4 Å². The summed E-state index contributed by atoms with van der Waals surface area (Å²) < 4.78 is 11.3. The topological polar surface area (TPSA) is 76.7 Å². The minimum absolute atomic E-state index is 0.299. The zero-order valence-corrected chi connectivity index (χ0v) is 17.1. The fourth-order valence-corrected chi connectivity index (χ4v) is 2.77. The van der Waals surface area contributed by atoms with Crippen LogP contribution in [-0.4, -0.2) is 17.9 Å². The summed E-state index contributed by atoms with van der Waals surface area (Å²) in [6.45, 7) is 1.88. The van der Waals surface area contributed by atoms with Crippen molar-refractivity contribution in [2.75, 3.05) is 0 Å². The third kappa shape index (κ3) is 5.75. The number of hydrazine groups is 1. The van der Waals surface area contributed by atoms with Gasteiger partial charge in [-0.1, -0.05) is 66.2 Å². The van der Waals surface area contributed by atoms with Crippen LogP contribution in [0.5, 0.6) is 11.5 Å². The van der Waals surface area contributed by atoms with E-state index >= 15 is 0 Å². The number of hydrogen-bond donors (Lipinski definition) is 2. The first-order valence-corrected chi connectivity index (χ1v) is 9.69. The Morgan fingerprint density at radius 1 is 0.867 bits per heavy atom. The van der Waals surface area contributed by atoms with Crippen LogP contribution in [0.25, 0.3) is 0 Å². The maximum absolute atomic E-state index is 12.5. The molecule has 0 spiro atoms. The van der Waals surface area contributed by atoms with Crippen molar-refractivity contribution >= 4 is 23.4 Å². The number of halogens is 1. The van der Waals surface area contributed by atoms with Gasteiger partial charge in [-0.25, -0.2) is 0 Å². The van der Waals surface area contributed by atoms with Crippen molar-refractivity contribution in [3.05, 3.63) is 95.0 Å². The third-order valence-electron chi connectivity index (χ3n) is 4.18. The molecule has 1 unspecified atom stereocenters. The van der Waals surface area contributed by atoms with Crippen LogP contribution in [0.15, 0.2) is 78.9 Å². The molecule has 3 aromatic carbocycles. The van der Waals surface area contributed by atoms with Crippen molar-refractivity contribution in [2.24, 2.45) is 0 Å². The fraction of sp³-hybridized carbons (Fsp3) is 0.130. The van der Waals surface area contributed by atoms with Crippen LogP contribution in [0.4, 0.5) is 0 Å². The van der Waals surface area contributed by atoms with Crippen molar-refractivity contribution in [2.45, 2.75) is 19.6 Å². The summed E-state index contributed by atoms with van der Waals surface area (Å²) in [6, 6.07) is 23.3. The average molecular weight is 425 g/mol. The van der Waals surface area contributed by atoms with Gasteiger partial charge in [0.25, 0.3) is 11.8 Å². The van der Waals surface area contributed by atoms with Gasteiger partial charge >= 0.3 is 0 Å². The highest BCUT2D eigenvalue weighted by Gasteiger charge is 2.18. The van der Waals surface area contributed by atoms with Crippen LogP contribution in [0.3, 0.4) is 0 Å². The SMILES string of the molecule is CC(Oc1ccccc1Cl)C(=O)NNC(=O)c1ccccc1OCc1ccccc1. The summed E-state index contributed by atoms with van der Waals surface area (Å²) in [4.78, 5) is 24.8. The second-order valence-corrected chi connectivity index (χ2v) is 6.81. The Morgan fingerprint density at radius 2 is 1.50 bits per heavy atom. The van der Waals surface area contributed by atoms with Gasteiger partial charge in [0, 0.05) is 0 Å². The first kappa shape index (κ1) is 21.2. The van der Waals surface area contributed by atoms with E-state index in [-0.39, 0.29) is 0 Å². The van der Waals surface area contributed by atoms with Crippen LogP contribution in [0, 0.1) is 0 Å². The predicted octanol–water partition coefficient (Wildman–Crippen LogP) is 4.15. The lowest BCUT2D eigenvalue weighted by Crippen LogP contribution is -2.47. The molecule has 0 saturated heterocycles. The first-order valence-electron chi connectivity index (χ1n) is 9.31. The summed E-state index contributed by atoms with van der Waals surface area (Å²) in [7, 11) is 0. The number of hydrogen-bond acceptors (Lipinski definition) is 4. The van der Waals surface area contributed by atoms with Crippen molar-refractivity contribution in [3.8, 4) is 11.5 Å². The lowest BCUT2D eigenvalue weighted by atomic mass is 10.2. The van der Waals surface area contributed by atoms with Crippen LogP contribution >= 0.6 is 11.6 Å². The van der Waals surface area contributed by atoms with Crippen LogP contribution in [0.1, 0.15) is 22.8 Å². The number of ether oxygens (including phenoxy) is 2. The van der Waals surface area contributed by atoms with E-state index < -0.39 is 17.9 Å². The molecule has 0 aliphatic rings. The monoisotopic (exact) mass is 424 g/mol. The first-order chi connectivity index (χ1) is 14.5. The maximum Gasteiger partial charge on any atom is 0.279 e. The van der Waals surface area contributed by atoms with Gasteiger partial charge in [-0.15, -0.1) is 0 Å². The smallest absolute Gasteiger partial charge is 0.279 e. The molecular formula is C23H21ClN2O4. The van der Waals surface area contributed by atoms with Crippen molar-refractivity contribution in [1.29, 1.82) is 0 Å². The molecule has 3 rings (SSSR count). The molecule has 154 valence electrons. The van der Waals surface area contributed by atoms with E-state index in [1.165, 1.54) is 0 Å². The van der Waals surface area contributed by atoms with E-state index in [0.717, 1.165) is 5.56 Å². The van der Waals surface area contributed by atoms with E-state index in [9.17, 15) is 9.59 Å². The number of para-hydroxylation sites is 2. The number of carbonyl (C=O) groups is 2. The Bertz CT molecular complexity index is 1010. The normalized spacial score (nSPS) is 11.3. The minimum atomic E-state index is -0.866. The second-order valence-electron chi connectivity index (χ2n) is 6.40. The molecule has 0 radical (unpaired) electrons. The Morgan fingerprint density at radius 3 is 2.23 bits per heavy atom. The number of benzene rings is 3. The molecule has 2 N–H and O–H groups in total. The van der Waals surface area contributed by atoms with Gasteiger partial charge in [-0.05, 0) is 36.8 Å². The molecule has 2 amide bonds. The van der Waals surface area contributed by atoms with E-state index in [4.69, 9.17) is 21.1 Å². The Kier molecular flexibility index (Phi) is 7.29. The number of nitrogens with one attached hydrogen (secondary N) is 2. The Balaban J connectivity index is 1.56. The van der Waals surface area contributed by atoms with E-state index in [1.807, 2.05) is 30.3 Å². The van der Waals surface area contributed by atoms with Crippen molar-refractivity contribution < 1.29 is 19.1 Å². The second kappa shape index (κ2) is 10.3. The number of rotatable bonds is 7. The summed E-state index contributed by atoms with van der Waals surface area (Å²) in [5, 5.41) is 0.394. The summed E-state index contributed by atoms with van der Waals surface area (Å²) in [5.74, 6) is -0.232. The number of carbonyl (C=O) groups excluding carboxylic acids is 2. The molecule has 1 atom stereocenters. The molecule has 0 bridgehead atoms. The predicted molar refractivity (Wildman–Crippen MR) is 114 cm³/mol. The van der Waals surface area contributed by atoms with Crippen LogP contribution in [0.2, 0.25) is 5.02 Å². The molecule has 6 nitrogen and oxygen atoms in total. The molecule has 3 aromatic rings. The standard InChI is InChI=1S/C23H21ClN2O4/c1-16(30-21-14-8-6-12-19(21)24)22(27)25-26-23(28)18-11-5-7-13-20(18)29-15-17-9-3-2-4-10-17/h2-14,16H,15H2,1H3,(H,25,27)(H,26,28). The molecular weight excluding hydrogens is 404 g/mol. The van der Waals surface area contributed by atoms with Gasteiger partial charge in [0.15, 0.2) is 6.10 Å². The Labute approximate surface area is 179 Å². The number of amides is 2. The summed E-state index contributed by atoms with van der Waals surface area (Å²) >= 11 is 6.03. The van der Waals surface area contributed by atoms with E-state index in [1.54, 1.807) is 55.5 Å². The highest BCUT2D eigenvalue weighted by Crippen LogP contribution is 2.24. The van der Waals surface area contributed by atoms with Crippen molar-refractivity contribution in [1.82, 2.24) is 10.9 Å². The molecule has 0 aliphatic carbocycles. The third-order valence-corrected chi connectivity index (χ3v) is 4.49. The van der Waals surface area contributed by atoms with Gasteiger partial charge in [0.05, 0.1) is 10.6 Å². The van der Waals surface area contributed by atoms with Gasteiger partial charge in [0.1, 0.15) is 18.1 Å². The lowest BCUT2D eigenvalue weighted by Gasteiger charge is -2.16. The highest BCUT2D eigenvalue weighted by atomic mass is 35.5. The molecule has 0 saturated carbocycles. The minimum Gasteiger partial charge on any atom is -0.488 e. The maximum atomic E-state index is 12.5. The van der Waals surface area contributed by atoms with Gasteiger partial charge in [-0.2, -0.15) is 0 Å². The van der Waals surface area contributed by atoms with Gasteiger partial charge < -0.3 is 9.47 Å². The van der Waals surface area contributed by atoms with E-state index in [2.05, 4.69) is 10.9 Å². The largest absolute Gasteiger partial charge is 0.488 e. The summed E-state index contributed by atoms with van der Waals surface area (Å²) in [5.41, 5.74) is 6.02. The molecule has 7 heteroatoms. The van der Waals surface area contributed by atoms with Crippen molar-refractivity contribution in [3.63, 3.8) is 0 Å². The molecule has 0 heterocycles. The van der Waals surface area contributed by atoms with Crippen LogP contribution < -0.4 is 20.3 Å². The molecule has 0 fully saturated rings. The molecule has 30 heavy (non-hydrogen) atoms. The molecule has 0 aliphatic heterocycles. The summed E-state index contributed by atoms with van der Waals surface area (Å²) in [6.07, 6.45) is -0.866. The van der Waals surface area contributed by atoms with E-state index in [0.29, 0.717) is 28.7 Å². The fourth-order valence-electron chi connectivity index (χ4n) is 2.59. The molecule has 0 aromatic heterocycles. The quantitative estimate of drug-likeness (QED) is 0.559. The highest BCUT2D eigenvalue weighted by molar-refractivity contribution is 6.32. The zero-order chi connectivity index (χ0) is 21.3. The Hall–Kier alpha value is -3.51.